The summed E-state index contributed by atoms with van der Waals surface area (Å²) in [4.78, 5) is 26.1. The summed E-state index contributed by atoms with van der Waals surface area (Å²) in [7, 11) is 0. The highest BCUT2D eigenvalue weighted by Crippen LogP contribution is 2.34. The van der Waals surface area contributed by atoms with E-state index in [1.807, 2.05) is 18.2 Å². The molecule has 1 fully saturated rings. The van der Waals surface area contributed by atoms with Crippen LogP contribution in [-0.4, -0.2) is 23.0 Å². The Labute approximate surface area is 199 Å². The number of phenols is 1. The first-order valence-electron chi connectivity index (χ1n) is 10.7. The van der Waals surface area contributed by atoms with Gasteiger partial charge in [0.25, 0.3) is 5.91 Å². The smallest absolute Gasteiger partial charge is 0.293 e. The highest BCUT2D eigenvalue weighted by Gasteiger charge is 2.33. The van der Waals surface area contributed by atoms with Crippen molar-refractivity contribution in [1.82, 2.24) is 10.9 Å². The first-order valence-corrected chi connectivity index (χ1v) is 11.1. The van der Waals surface area contributed by atoms with Crippen LogP contribution < -0.4 is 21.5 Å². The minimum atomic E-state index is -0.623. The van der Waals surface area contributed by atoms with Gasteiger partial charge in [-0.05, 0) is 48.9 Å². The molecule has 0 spiro atoms. The maximum Gasteiger partial charge on any atom is 0.293 e. The van der Waals surface area contributed by atoms with Gasteiger partial charge in [0.2, 0.25) is 11.7 Å². The Bertz CT molecular complexity index is 1370. The van der Waals surface area contributed by atoms with Gasteiger partial charge < -0.3 is 20.2 Å². The van der Waals surface area contributed by atoms with E-state index in [2.05, 4.69) is 21.5 Å². The number of halogens is 1. The second-order valence-electron chi connectivity index (χ2n) is 7.94. The van der Waals surface area contributed by atoms with Gasteiger partial charge in [-0.15, -0.1) is 0 Å². The van der Waals surface area contributed by atoms with Crippen molar-refractivity contribution in [3.63, 3.8) is 0 Å². The predicted octanol–water partition coefficient (Wildman–Crippen LogP) is 4.59. The number of para-hydroxylation sites is 2. The first-order chi connectivity index (χ1) is 16.5. The lowest BCUT2D eigenvalue weighted by molar-refractivity contribution is -0.117. The molecule has 5 rings (SSSR count). The lowest BCUT2D eigenvalue weighted by Gasteiger charge is -2.12. The Balaban J connectivity index is 1.38. The lowest BCUT2D eigenvalue weighted by Crippen LogP contribution is -2.39. The van der Waals surface area contributed by atoms with E-state index < -0.39 is 11.9 Å². The number of amides is 2. The van der Waals surface area contributed by atoms with Crippen LogP contribution in [0.3, 0.4) is 0 Å². The minimum absolute atomic E-state index is 0.00777. The van der Waals surface area contributed by atoms with Gasteiger partial charge in [-0.3, -0.25) is 9.59 Å². The van der Waals surface area contributed by atoms with E-state index in [9.17, 15) is 14.7 Å². The van der Waals surface area contributed by atoms with Crippen molar-refractivity contribution < 1.29 is 19.1 Å². The number of aromatic hydroxyl groups is 1. The number of hydrogen-bond acceptors (Lipinski definition) is 6. The van der Waals surface area contributed by atoms with E-state index in [-0.39, 0.29) is 23.5 Å². The van der Waals surface area contributed by atoms with Crippen LogP contribution >= 0.6 is 11.6 Å². The summed E-state index contributed by atoms with van der Waals surface area (Å²) in [6.45, 7) is 0. The Morgan fingerprint density at radius 1 is 0.971 bits per heavy atom. The fraction of sp³-hybridized carbons (Fsp3) is 0.120. The second-order valence-corrected chi connectivity index (χ2v) is 8.38. The molecule has 0 bridgehead atoms. The normalized spacial score (nSPS) is 17.6. The van der Waals surface area contributed by atoms with Gasteiger partial charge in [0.15, 0.2) is 0 Å². The van der Waals surface area contributed by atoms with E-state index in [0.29, 0.717) is 39.4 Å². The van der Waals surface area contributed by atoms with Crippen molar-refractivity contribution in [1.29, 1.82) is 0 Å². The molecule has 34 heavy (non-hydrogen) atoms. The summed E-state index contributed by atoms with van der Waals surface area (Å²) in [6.07, 6.45) is 0.362. The monoisotopic (exact) mass is 476 g/mol. The summed E-state index contributed by atoms with van der Waals surface area (Å²) in [5.41, 5.74) is 7.95. The first kappa shape index (κ1) is 22.0. The number of furan rings is 1. The van der Waals surface area contributed by atoms with Crippen LogP contribution in [0.4, 0.5) is 11.4 Å². The molecule has 0 saturated carbocycles. The Kier molecular flexibility index (Phi) is 5.93. The zero-order valence-electron chi connectivity index (χ0n) is 17.8. The molecule has 1 saturated heterocycles. The predicted molar refractivity (Wildman–Crippen MR) is 130 cm³/mol. The number of hydrogen-bond donors (Lipinski definition) is 5. The number of carbonyl (C=O) groups excluding carboxylic acids is 2. The second kappa shape index (κ2) is 9.18. The van der Waals surface area contributed by atoms with Crippen LogP contribution in [0.15, 0.2) is 77.2 Å². The molecule has 4 aromatic rings. The molecule has 2 atom stereocenters. The van der Waals surface area contributed by atoms with Crippen molar-refractivity contribution >= 4 is 45.8 Å². The molecule has 8 nitrogen and oxygen atoms in total. The average molecular weight is 477 g/mol. The van der Waals surface area contributed by atoms with Gasteiger partial charge in [-0.25, -0.2) is 10.9 Å². The minimum Gasteiger partial charge on any atom is -0.508 e. The third kappa shape index (κ3) is 4.34. The molecule has 0 radical (unpaired) electrons. The molecule has 1 aromatic heterocycles. The third-order valence-corrected chi connectivity index (χ3v) is 5.90. The molecule has 1 aliphatic heterocycles. The van der Waals surface area contributed by atoms with Crippen LogP contribution in [-0.2, 0) is 4.79 Å². The van der Waals surface area contributed by atoms with E-state index in [1.165, 1.54) is 6.07 Å². The Hall–Kier alpha value is -3.85. The van der Waals surface area contributed by atoms with Gasteiger partial charge in [-0.2, -0.15) is 0 Å². The number of nitrogens with one attached hydrogen (secondary N) is 4. The van der Waals surface area contributed by atoms with Crippen LogP contribution in [0.1, 0.15) is 28.6 Å². The van der Waals surface area contributed by atoms with Crippen molar-refractivity contribution in [2.45, 2.75) is 18.5 Å². The molecule has 9 heteroatoms. The molecule has 172 valence electrons. The molecular weight excluding hydrogens is 456 g/mol. The van der Waals surface area contributed by atoms with E-state index in [1.54, 1.807) is 48.5 Å². The van der Waals surface area contributed by atoms with Gasteiger partial charge >= 0.3 is 0 Å². The van der Waals surface area contributed by atoms with Gasteiger partial charge in [0, 0.05) is 21.7 Å². The standard InChI is InChI=1S/C25H21ClN4O4/c26-14-10-11-20(31)17(12-14)18-13-19(30-29-18)24(32)28-22-16-8-4-5-9-21(16)34-23(22)25(33)27-15-6-2-1-3-7-15/h1-12,18-19,29-31H,13H2,(H,27,33)(H,28,32). The van der Waals surface area contributed by atoms with Gasteiger partial charge in [0.1, 0.15) is 23.1 Å². The van der Waals surface area contributed by atoms with Crippen molar-refractivity contribution in [3.05, 3.63) is 89.1 Å². The van der Waals surface area contributed by atoms with E-state index in [0.717, 1.165) is 0 Å². The number of carbonyl (C=O) groups is 2. The molecule has 2 unspecified atom stereocenters. The Morgan fingerprint density at radius 3 is 2.56 bits per heavy atom. The molecule has 3 aromatic carbocycles. The van der Waals surface area contributed by atoms with Crippen molar-refractivity contribution in [2.24, 2.45) is 0 Å². The quantitative estimate of drug-likeness (QED) is 0.288. The highest BCUT2D eigenvalue weighted by atomic mass is 35.5. The molecule has 2 amide bonds. The fourth-order valence-electron chi connectivity index (χ4n) is 3.99. The van der Waals surface area contributed by atoms with Crippen molar-refractivity contribution in [3.8, 4) is 5.75 Å². The average Bonchev–Trinajstić information content (AvgIpc) is 3.47. The number of anilines is 2. The summed E-state index contributed by atoms with van der Waals surface area (Å²) < 4.78 is 5.81. The highest BCUT2D eigenvalue weighted by molar-refractivity contribution is 6.30. The van der Waals surface area contributed by atoms with Gasteiger partial charge in [-0.1, -0.05) is 41.9 Å². The fourth-order valence-corrected chi connectivity index (χ4v) is 4.17. The molecule has 1 aliphatic rings. The van der Waals surface area contributed by atoms with Crippen LogP contribution in [0, 0.1) is 0 Å². The number of rotatable bonds is 5. The van der Waals surface area contributed by atoms with Crippen molar-refractivity contribution in [2.75, 3.05) is 10.6 Å². The SMILES string of the molecule is O=C(Nc1ccccc1)c1oc2ccccc2c1NC(=O)C1CC(c2cc(Cl)ccc2O)NN1. The largest absolute Gasteiger partial charge is 0.508 e. The summed E-state index contributed by atoms with van der Waals surface area (Å²) in [5, 5.41) is 16.9. The molecule has 0 aliphatic carbocycles. The molecular formula is C25H21ClN4O4. The third-order valence-electron chi connectivity index (χ3n) is 5.67. The lowest BCUT2D eigenvalue weighted by atomic mass is 10.0. The number of hydrazine groups is 1. The topological polar surface area (TPSA) is 116 Å². The number of fused-ring (bicyclic) bond motifs is 1. The van der Waals surface area contributed by atoms with E-state index in [4.69, 9.17) is 16.0 Å². The summed E-state index contributed by atoms with van der Waals surface area (Å²) in [6, 6.07) is 19.9. The summed E-state index contributed by atoms with van der Waals surface area (Å²) in [5.74, 6) is -0.729. The van der Waals surface area contributed by atoms with E-state index >= 15 is 0 Å². The maximum absolute atomic E-state index is 13.1. The number of phenolic OH excluding ortho intramolecular Hbond substituents is 1. The zero-order chi connectivity index (χ0) is 23.7. The van der Waals surface area contributed by atoms with Gasteiger partial charge in [0.05, 0.1) is 6.04 Å². The Morgan fingerprint density at radius 2 is 1.74 bits per heavy atom. The van der Waals surface area contributed by atoms with Crippen LogP contribution in [0.25, 0.3) is 11.0 Å². The summed E-state index contributed by atoms with van der Waals surface area (Å²) >= 11 is 6.06. The molecule has 2 heterocycles. The number of benzene rings is 3. The maximum atomic E-state index is 13.1. The molecule has 5 N–H and O–H groups in total. The van der Waals surface area contributed by atoms with Crippen LogP contribution in [0.5, 0.6) is 5.75 Å². The zero-order valence-corrected chi connectivity index (χ0v) is 18.6. The van der Waals surface area contributed by atoms with Crippen LogP contribution in [0.2, 0.25) is 5.02 Å².